The van der Waals surface area contributed by atoms with E-state index in [4.69, 9.17) is 16.0 Å². The minimum atomic E-state index is -0.227. The lowest BCUT2D eigenvalue weighted by molar-refractivity contribution is -0.113. The summed E-state index contributed by atoms with van der Waals surface area (Å²) < 4.78 is 6.17. The van der Waals surface area contributed by atoms with Gasteiger partial charge in [0.2, 0.25) is 0 Å². The topological polar surface area (TPSA) is 45.8 Å². The third-order valence-electron chi connectivity index (χ3n) is 3.88. The minimum Gasteiger partial charge on any atom is -0.465 e. The first-order chi connectivity index (χ1) is 12.6. The predicted molar refractivity (Wildman–Crippen MR) is 106 cm³/mol. The number of carbonyl (C=O) groups is 1. The highest BCUT2D eigenvalue weighted by atomic mass is 79.9. The number of amides is 1. The number of furan rings is 1. The third kappa shape index (κ3) is 3.11. The van der Waals surface area contributed by atoms with Gasteiger partial charge in [-0.05, 0) is 42.5 Å². The minimum absolute atomic E-state index is 0.227. The Morgan fingerprint density at radius 1 is 1.04 bits per heavy atom. The van der Waals surface area contributed by atoms with Gasteiger partial charge in [-0.15, -0.1) is 0 Å². The molecule has 0 bridgehead atoms. The summed E-state index contributed by atoms with van der Waals surface area (Å²) >= 11 is 9.53. The van der Waals surface area contributed by atoms with E-state index in [0.29, 0.717) is 28.0 Å². The number of halogens is 2. The molecule has 0 fully saturated rings. The summed E-state index contributed by atoms with van der Waals surface area (Å²) in [7, 11) is 0. The molecular formula is C20H12BrClN2O2. The molecule has 2 heterocycles. The van der Waals surface area contributed by atoms with E-state index in [2.05, 4.69) is 20.9 Å². The Kier molecular flexibility index (Phi) is 4.49. The van der Waals surface area contributed by atoms with Gasteiger partial charge in [0.15, 0.2) is 0 Å². The van der Waals surface area contributed by atoms with Crippen molar-refractivity contribution in [3.8, 4) is 0 Å². The van der Waals surface area contributed by atoms with Crippen molar-refractivity contribution in [2.75, 3.05) is 4.90 Å². The van der Waals surface area contributed by atoms with Gasteiger partial charge in [-0.3, -0.25) is 9.69 Å². The zero-order chi connectivity index (χ0) is 18.1. The molecule has 0 radical (unpaired) electrons. The molecule has 0 aliphatic carbocycles. The molecule has 0 saturated carbocycles. The first-order valence-electron chi connectivity index (χ1n) is 7.82. The summed E-state index contributed by atoms with van der Waals surface area (Å²) in [5.74, 6) is 0.888. The van der Waals surface area contributed by atoms with Crippen LogP contribution in [0.3, 0.4) is 0 Å². The first kappa shape index (κ1) is 16.8. The molecule has 0 saturated heterocycles. The molecular weight excluding hydrogens is 416 g/mol. The van der Waals surface area contributed by atoms with Crippen molar-refractivity contribution < 1.29 is 9.21 Å². The molecule has 0 N–H and O–H groups in total. The molecule has 2 aromatic carbocycles. The Morgan fingerprint density at radius 2 is 1.81 bits per heavy atom. The molecule has 3 aromatic rings. The van der Waals surface area contributed by atoms with Crippen LogP contribution in [0, 0.1) is 0 Å². The quantitative estimate of drug-likeness (QED) is 0.516. The van der Waals surface area contributed by atoms with E-state index in [9.17, 15) is 4.79 Å². The molecule has 4 nitrogen and oxygen atoms in total. The lowest BCUT2D eigenvalue weighted by Crippen LogP contribution is -2.32. The monoisotopic (exact) mass is 426 g/mol. The second-order valence-corrected chi connectivity index (χ2v) is 6.87. The fraction of sp³-hybridized carbons (Fsp3) is 0. The van der Waals surface area contributed by atoms with E-state index in [-0.39, 0.29) is 5.91 Å². The standard InChI is InChI=1S/C20H12BrClN2O2/c21-17-6-2-1-5-16(17)19-23-18(12-15-4-3-11-26-15)20(25)24(19)14-9-7-13(22)8-10-14/h1-12H/b18-12+. The van der Waals surface area contributed by atoms with Crippen LogP contribution in [0.1, 0.15) is 11.3 Å². The van der Waals surface area contributed by atoms with Gasteiger partial charge in [-0.2, -0.15) is 0 Å². The number of benzene rings is 2. The maximum absolute atomic E-state index is 13.1. The summed E-state index contributed by atoms with van der Waals surface area (Å²) in [4.78, 5) is 19.2. The largest absolute Gasteiger partial charge is 0.465 e. The van der Waals surface area contributed by atoms with E-state index in [1.165, 1.54) is 0 Å². The van der Waals surface area contributed by atoms with Crippen molar-refractivity contribution in [3.63, 3.8) is 0 Å². The van der Waals surface area contributed by atoms with E-state index >= 15 is 0 Å². The van der Waals surface area contributed by atoms with Gasteiger partial charge in [0.25, 0.3) is 5.91 Å². The maximum Gasteiger partial charge on any atom is 0.282 e. The fourth-order valence-corrected chi connectivity index (χ4v) is 3.27. The van der Waals surface area contributed by atoms with Crippen LogP contribution in [0.2, 0.25) is 5.02 Å². The van der Waals surface area contributed by atoms with Crippen LogP contribution in [0.15, 0.2) is 86.5 Å². The van der Waals surface area contributed by atoms with Crippen molar-refractivity contribution >= 4 is 51.0 Å². The van der Waals surface area contributed by atoms with Crippen LogP contribution in [-0.2, 0) is 4.79 Å². The highest BCUT2D eigenvalue weighted by molar-refractivity contribution is 9.10. The maximum atomic E-state index is 13.1. The smallest absolute Gasteiger partial charge is 0.282 e. The van der Waals surface area contributed by atoms with E-state index in [1.807, 2.05) is 24.3 Å². The number of anilines is 1. The average Bonchev–Trinajstić information content (AvgIpc) is 3.26. The van der Waals surface area contributed by atoms with Crippen LogP contribution in [0.4, 0.5) is 5.69 Å². The predicted octanol–water partition coefficient (Wildman–Crippen LogP) is 5.53. The van der Waals surface area contributed by atoms with Crippen molar-refractivity contribution in [2.45, 2.75) is 0 Å². The molecule has 26 heavy (non-hydrogen) atoms. The lowest BCUT2D eigenvalue weighted by atomic mass is 10.2. The Hall–Kier alpha value is -2.63. The molecule has 0 spiro atoms. The van der Waals surface area contributed by atoms with Gasteiger partial charge in [0.1, 0.15) is 17.3 Å². The van der Waals surface area contributed by atoms with Crippen molar-refractivity contribution in [1.82, 2.24) is 0 Å². The van der Waals surface area contributed by atoms with E-state index in [0.717, 1.165) is 10.0 Å². The molecule has 0 atom stereocenters. The molecule has 0 unspecified atom stereocenters. The number of amidine groups is 1. The van der Waals surface area contributed by atoms with Crippen LogP contribution in [-0.4, -0.2) is 11.7 Å². The molecule has 128 valence electrons. The van der Waals surface area contributed by atoms with Crippen LogP contribution in [0.25, 0.3) is 6.08 Å². The van der Waals surface area contributed by atoms with Gasteiger partial charge in [-0.25, -0.2) is 4.99 Å². The van der Waals surface area contributed by atoms with Gasteiger partial charge in [0, 0.05) is 21.1 Å². The normalized spacial score (nSPS) is 15.6. The zero-order valence-corrected chi connectivity index (χ0v) is 15.7. The highest BCUT2D eigenvalue weighted by Crippen LogP contribution is 2.31. The van der Waals surface area contributed by atoms with Gasteiger partial charge in [-0.1, -0.05) is 45.7 Å². The number of rotatable bonds is 3. The second kappa shape index (κ2) is 6.94. The SMILES string of the molecule is O=C1/C(=C\c2ccco2)N=C(c2ccccc2Br)N1c1ccc(Cl)cc1. The Balaban J connectivity index is 1.86. The van der Waals surface area contributed by atoms with Crippen LogP contribution < -0.4 is 4.90 Å². The zero-order valence-electron chi connectivity index (χ0n) is 13.4. The van der Waals surface area contributed by atoms with Crippen molar-refractivity contribution in [1.29, 1.82) is 0 Å². The summed E-state index contributed by atoms with van der Waals surface area (Å²) in [5, 5.41) is 0.603. The summed E-state index contributed by atoms with van der Waals surface area (Å²) in [6.07, 6.45) is 3.19. The summed E-state index contributed by atoms with van der Waals surface area (Å²) in [6, 6.07) is 18.3. The van der Waals surface area contributed by atoms with Gasteiger partial charge < -0.3 is 4.42 Å². The van der Waals surface area contributed by atoms with Crippen LogP contribution in [0.5, 0.6) is 0 Å². The molecule has 6 heteroatoms. The van der Waals surface area contributed by atoms with E-state index in [1.54, 1.807) is 53.6 Å². The Labute approximate surface area is 163 Å². The first-order valence-corrected chi connectivity index (χ1v) is 8.99. The second-order valence-electron chi connectivity index (χ2n) is 5.58. The fourth-order valence-electron chi connectivity index (χ4n) is 2.68. The number of hydrogen-bond donors (Lipinski definition) is 0. The lowest BCUT2D eigenvalue weighted by Gasteiger charge is -2.19. The summed E-state index contributed by atoms with van der Waals surface area (Å²) in [5.41, 5.74) is 1.82. The molecule has 1 aliphatic rings. The number of hydrogen-bond acceptors (Lipinski definition) is 3. The Bertz CT molecular complexity index is 1020. The average molecular weight is 428 g/mol. The molecule has 1 aliphatic heterocycles. The third-order valence-corrected chi connectivity index (χ3v) is 4.83. The molecule has 1 amide bonds. The van der Waals surface area contributed by atoms with Gasteiger partial charge in [0.05, 0.1) is 12.0 Å². The van der Waals surface area contributed by atoms with Crippen molar-refractivity contribution in [3.05, 3.63) is 93.4 Å². The van der Waals surface area contributed by atoms with Crippen molar-refractivity contribution in [2.24, 2.45) is 4.99 Å². The molecule has 4 rings (SSSR count). The van der Waals surface area contributed by atoms with E-state index < -0.39 is 0 Å². The number of carbonyl (C=O) groups excluding carboxylic acids is 1. The molecule has 1 aromatic heterocycles. The van der Waals surface area contributed by atoms with Crippen LogP contribution >= 0.6 is 27.5 Å². The summed E-state index contributed by atoms with van der Waals surface area (Å²) in [6.45, 7) is 0. The number of aliphatic imine (C=N–C) groups is 1. The Morgan fingerprint density at radius 3 is 2.50 bits per heavy atom. The highest BCUT2D eigenvalue weighted by Gasteiger charge is 2.33. The van der Waals surface area contributed by atoms with Gasteiger partial charge >= 0.3 is 0 Å². The number of nitrogens with zero attached hydrogens (tertiary/aromatic N) is 2.